The molecular weight excluding hydrogens is 200 g/mol. The van der Waals surface area contributed by atoms with Crippen molar-refractivity contribution < 1.29 is 9.47 Å². The van der Waals surface area contributed by atoms with Crippen LogP contribution in [0.15, 0.2) is 23.8 Å². The summed E-state index contributed by atoms with van der Waals surface area (Å²) in [5.74, 6) is 0.581. The molecule has 1 unspecified atom stereocenters. The normalized spacial score (nSPS) is 24.4. The second-order valence-corrected chi connectivity index (χ2v) is 4.68. The van der Waals surface area contributed by atoms with Gasteiger partial charge < -0.3 is 9.47 Å². The first-order chi connectivity index (χ1) is 7.63. The molecule has 0 N–H and O–H groups in total. The van der Waals surface area contributed by atoms with E-state index in [9.17, 15) is 0 Å². The van der Waals surface area contributed by atoms with E-state index in [1.165, 1.54) is 11.1 Å². The van der Waals surface area contributed by atoms with Crippen LogP contribution >= 0.6 is 0 Å². The van der Waals surface area contributed by atoms with Crippen molar-refractivity contribution in [3.05, 3.63) is 23.8 Å². The molecule has 0 aromatic carbocycles. The summed E-state index contributed by atoms with van der Waals surface area (Å²) < 4.78 is 10.9. The van der Waals surface area contributed by atoms with Gasteiger partial charge in [0, 0.05) is 6.61 Å². The summed E-state index contributed by atoms with van der Waals surface area (Å²) in [4.78, 5) is 0. The Morgan fingerprint density at radius 1 is 1.50 bits per heavy atom. The van der Waals surface area contributed by atoms with Crippen molar-refractivity contribution >= 4 is 0 Å². The minimum Gasteiger partial charge on any atom is -0.356 e. The van der Waals surface area contributed by atoms with Gasteiger partial charge in [0.05, 0.1) is 6.10 Å². The summed E-state index contributed by atoms with van der Waals surface area (Å²) in [7, 11) is 0. The lowest BCUT2D eigenvalue weighted by Gasteiger charge is -2.26. The highest BCUT2D eigenvalue weighted by atomic mass is 16.7. The number of rotatable bonds is 5. The number of allylic oxidation sites excluding steroid dienone is 2. The van der Waals surface area contributed by atoms with E-state index in [1.54, 1.807) is 0 Å². The van der Waals surface area contributed by atoms with Crippen molar-refractivity contribution in [3.63, 3.8) is 0 Å². The monoisotopic (exact) mass is 224 g/mol. The molecule has 0 aromatic rings. The van der Waals surface area contributed by atoms with Crippen molar-refractivity contribution in [1.29, 1.82) is 0 Å². The van der Waals surface area contributed by atoms with E-state index in [4.69, 9.17) is 9.47 Å². The van der Waals surface area contributed by atoms with Crippen LogP contribution in [0.4, 0.5) is 0 Å². The topological polar surface area (TPSA) is 18.5 Å². The first-order valence-corrected chi connectivity index (χ1v) is 6.21. The fourth-order valence-electron chi connectivity index (χ4n) is 1.95. The number of hydrogen-bond acceptors (Lipinski definition) is 2. The van der Waals surface area contributed by atoms with E-state index in [-0.39, 0.29) is 0 Å². The molecule has 0 aromatic heterocycles. The van der Waals surface area contributed by atoms with Crippen LogP contribution < -0.4 is 0 Å². The van der Waals surface area contributed by atoms with E-state index in [0.717, 1.165) is 19.3 Å². The first kappa shape index (κ1) is 13.5. The predicted octanol–water partition coefficient (Wildman–Crippen LogP) is 3.69. The molecule has 1 rings (SSSR count). The van der Waals surface area contributed by atoms with Crippen molar-refractivity contribution in [2.24, 2.45) is 5.92 Å². The Bertz CT molecular complexity index is 253. The molecular formula is C14H24O2. The second-order valence-electron chi connectivity index (χ2n) is 4.68. The van der Waals surface area contributed by atoms with Gasteiger partial charge in [-0.1, -0.05) is 32.1 Å². The van der Waals surface area contributed by atoms with E-state index in [1.807, 2.05) is 6.92 Å². The molecule has 0 aliphatic heterocycles. The summed E-state index contributed by atoms with van der Waals surface area (Å²) in [6.45, 7) is 11.6. The Hall–Kier alpha value is -0.600. The molecule has 1 aliphatic rings. The van der Waals surface area contributed by atoms with E-state index >= 15 is 0 Å². The molecule has 2 heteroatoms. The average molecular weight is 224 g/mol. The molecule has 0 amide bonds. The highest BCUT2D eigenvalue weighted by Gasteiger charge is 2.20. The SMILES string of the molecule is C=C1CCC(OCOCC)C/C1=C/C(C)C. The van der Waals surface area contributed by atoms with Crippen LogP contribution in [-0.2, 0) is 9.47 Å². The summed E-state index contributed by atoms with van der Waals surface area (Å²) in [5, 5.41) is 0. The molecule has 92 valence electrons. The van der Waals surface area contributed by atoms with Crippen LogP contribution in [0.2, 0.25) is 0 Å². The third-order valence-electron chi connectivity index (χ3n) is 2.80. The molecule has 0 heterocycles. The van der Waals surface area contributed by atoms with Gasteiger partial charge >= 0.3 is 0 Å². The zero-order valence-electron chi connectivity index (χ0n) is 10.8. The Kier molecular flexibility index (Phi) is 5.78. The van der Waals surface area contributed by atoms with Crippen molar-refractivity contribution in [2.75, 3.05) is 13.4 Å². The molecule has 0 radical (unpaired) electrons. The van der Waals surface area contributed by atoms with Gasteiger partial charge in [-0.2, -0.15) is 0 Å². The second kappa shape index (κ2) is 6.87. The third-order valence-corrected chi connectivity index (χ3v) is 2.80. The Labute approximate surface area is 99.3 Å². The third kappa shape index (κ3) is 4.50. The lowest BCUT2D eigenvalue weighted by molar-refractivity contribution is -0.0891. The van der Waals surface area contributed by atoms with Gasteiger partial charge in [0.2, 0.25) is 0 Å². The molecule has 1 saturated carbocycles. The molecule has 0 bridgehead atoms. The van der Waals surface area contributed by atoms with Gasteiger partial charge in [-0.05, 0) is 37.7 Å². The Morgan fingerprint density at radius 2 is 2.25 bits per heavy atom. The van der Waals surface area contributed by atoms with Crippen molar-refractivity contribution in [1.82, 2.24) is 0 Å². The van der Waals surface area contributed by atoms with Gasteiger partial charge in [0.15, 0.2) is 0 Å². The number of hydrogen-bond donors (Lipinski definition) is 0. The highest BCUT2D eigenvalue weighted by molar-refractivity contribution is 5.31. The van der Waals surface area contributed by atoms with Crippen LogP contribution in [0, 0.1) is 5.92 Å². The van der Waals surface area contributed by atoms with Crippen LogP contribution in [-0.4, -0.2) is 19.5 Å². The summed E-state index contributed by atoms with van der Waals surface area (Å²) in [5.41, 5.74) is 2.66. The lowest BCUT2D eigenvalue weighted by atomic mass is 9.87. The maximum atomic E-state index is 5.68. The van der Waals surface area contributed by atoms with Crippen LogP contribution in [0.5, 0.6) is 0 Å². The summed E-state index contributed by atoms with van der Waals surface area (Å²) >= 11 is 0. The maximum Gasteiger partial charge on any atom is 0.147 e. The summed E-state index contributed by atoms with van der Waals surface area (Å²) in [6.07, 6.45) is 5.72. The van der Waals surface area contributed by atoms with Gasteiger partial charge in [-0.3, -0.25) is 0 Å². The molecule has 2 nitrogen and oxygen atoms in total. The quantitative estimate of drug-likeness (QED) is 0.524. The fourth-order valence-corrected chi connectivity index (χ4v) is 1.95. The molecule has 16 heavy (non-hydrogen) atoms. The largest absolute Gasteiger partial charge is 0.356 e. The Morgan fingerprint density at radius 3 is 2.88 bits per heavy atom. The van der Waals surface area contributed by atoms with Crippen molar-refractivity contribution in [2.45, 2.75) is 46.1 Å². The predicted molar refractivity (Wildman–Crippen MR) is 67.3 cm³/mol. The molecule has 1 aliphatic carbocycles. The summed E-state index contributed by atoms with van der Waals surface area (Å²) in [6, 6.07) is 0. The fraction of sp³-hybridized carbons (Fsp3) is 0.714. The van der Waals surface area contributed by atoms with E-state index < -0.39 is 0 Å². The molecule has 0 spiro atoms. The van der Waals surface area contributed by atoms with Gasteiger partial charge in [0.1, 0.15) is 6.79 Å². The maximum absolute atomic E-state index is 5.68. The first-order valence-electron chi connectivity index (χ1n) is 6.21. The van der Waals surface area contributed by atoms with Crippen LogP contribution in [0.25, 0.3) is 0 Å². The molecule has 0 saturated heterocycles. The van der Waals surface area contributed by atoms with Gasteiger partial charge in [0.25, 0.3) is 0 Å². The zero-order valence-corrected chi connectivity index (χ0v) is 10.8. The van der Waals surface area contributed by atoms with Gasteiger partial charge in [-0.25, -0.2) is 0 Å². The molecule has 1 fully saturated rings. The average Bonchev–Trinajstić information content (AvgIpc) is 2.22. The zero-order chi connectivity index (χ0) is 12.0. The smallest absolute Gasteiger partial charge is 0.147 e. The standard InChI is InChI=1S/C14H24O2/c1-5-15-10-16-14-7-6-12(4)13(9-14)8-11(2)3/h8,11,14H,4-7,9-10H2,1-3H3/b13-8-. The van der Waals surface area contributed by atoms with Gasteiger partial charge in [-0.15, -0.1) is 0 Å². The minimum absolute atomic E-state index is 0.307. The van der Waals surface area contributed by atoms with Crippen LogP contribution in [0.1, 0.15) is 40.0 Å². The minimum atomic E-state index is 0.307. The van der Waals surface area contributed by atoms with Crippen LogP contribution in [0.3, 0.4) is 0 Å². The Balaban J connectivity index is 2.44. The van der Waals surface area contributed by atoms with Crippen molar-refractivity contribution in [3.8, 4) is 0 Å². The van der Waals surface area contributed by atoms with E-state index in [0.29, 0.717) is 25.4 Å². The molecule has 1 atom stereocenters. The number of ether oxygens (including phenoxy) is 2. The van der Waals surface area contributed by atoms with E-state index in [2.05, 4.69) is 26.5 Å². The lowest BCUT2D eigenvalue weighted by Crippen LogP contribution is -2.21. The highest BCUT2D eigenvalue weighted by Crippen LogP contribution is 2.30.